The third-order valence-electron chi connectivity index (χ3n) is 5.13. The van der Waals surface area contributed by atoms with Crippen LogP contribution in [0.1, 0.15) is 25.7 Å². The summed E-state index contributed by atoms with van der Waals surface area (Å²) in [5.74, 6) is 0.764. The summed E-state index contributed by atoms with van der Waals surface area (Å²) in [5, 5.41) is 10.3. The Balaban J connectivity index is 1.45. The lowest BCUT2D eigenvalue weighted by Gasteiger charge is -2.34. The van der Waals surface area contributed by atoms with Crippen molar-refractivity contribution in [1.82, 2.24) is 14.9 Å². The normalized spacial score (nSPS) is 23.4. The SMILES string of the molecule is CN=C(NC[C@H]1CCCN1S(C)(=O)=O)NC1CCN(c2cccs2)CC1. The first-order valence-corrected chi connectivity index (χ1v) is 11.9. The minimum Gasteiger partial charge on any atom is -0.363 e. The van der Waals surface area contributed by atoms with Crippen molar-refractivity contribution in [3.05, 3.63) is 17.5 Å². The molecule has 2 fully saturated rings. The standard InChI is InChI=1S/C17H29N5O2S2/c1-18-17(19-13-15-5-3-9-22(15)26(2,23)24)20-14-7-10-21(11-8-14)16-6-4-12-25-16/h4,6,12,14-15H,3,5,7-11,13H2,1-2H3,(H2,18,19,20)/t15-/m1/s1. The second-order valence-corrected chi connectivity index (χ2v) is 9.84. The molecule has 0 amide bonds. The van der Waals surface area contributed by atoms with E-state index in [0.717, 1.165) is 44.7 Å². The molecule has 3 rings (SSSR count). The van der Waals surface area contributed by atoms with Crippen LogP contribution >= 0.6 is 11.3 Å². The fourth-order valence-corrected chi connectivity index (χ4v) is 5.71. The fourth-order valence-electron chi connectivity index (χ4n) is 3.75. The maximum absolute atomic E-state index is 11.9. The van der Waals surface area contributed by atoms with Crippen LogP contribution in [0.3, 0.4) is 0 Å². The molecule has 3 heterocycles. The molecular formula is C17H29N5O2S2. The van der Waals surface area contributed by atoms with Gasteiger partial charge in [0.05, 0.1) is 11.3 Å². The molecule has 0 aromatic carbocycles. The molecule has 0 unspecified atom stereocenters. The van der Waals surface area contributed by atoms with Crippen molar-refractivity contribution in [2.24, 2.45) is 4.99 Å². The minimum absolute atomic E-state index is 0.0178. The average molecular weight is 400 g/mol. The van der Waals surface area contributed by atoms with Gasteiger partial charge >= 0.3 is 0 Å². The Morgan fingerprint density at radius 2 is 2.08 bits per heavy atom. The number of nitrogens with zero attached hydrogens (tertiary/aromatic N) is 3. The highest BCUT2D eigenvalue weighted by molar-refractivity contribution is 7.88. The van der Waals surface area contributed by atoms with E-state index >= 15 is 0 Å². The zero-order valence-corrected chi connectivity index (χ0v) is 17.2. The largest absolute Gasteiger partial charge is 0.363 e. The molecule has 1 aromatic rings. The van der Waals surface area contributed by atoms with Crippen LogP contribution < -0.4 is 15.5 Å². The monoisotopic (exact) mass is 399 g/mol. The molecule has 9 heteroatoms. The maximum Gasteiger partial charge on any atom is 0.211 e. The number of sulfonamides is 1. The first kappa shape index (κ1) is 19.4. The second kappa shape index (κ2) is 8.58. The van der Waals surface area contributed by atoms with Gasteiger partial charge in [0.15, 0.2) is 5.96 Å². The van der Waals surface area contributed by atoms with Crippen LogP contribution in [0.4, 0.5) is 5.00 Å². The number of hydrogen-bond donors (Lipinski definition) is 2. The van der Waals surface area contributed by atoms with E-state index in [1.807, 2.05) is 0 Å². The van der Waals surface area contributed by atoms with Gasteiger partial charge in [0, 0.05) is 45.3 Å². The van der Waals surface area contributed by atoms with E-state index in [9.17, 15) is 8.42 Å². The number of rotatable bonds is 5. The molecule has 26 heavy (non-hydrogen) atoms. The van der Waals surface area contributed by atoms with E-state index in [2.05, 4.69) is 38.0 Å². The van der Waals surface area contributed by atoms with Gasteiger partial charge in [-0.3, -0.25) is 4.99 Å². The summed E-state index contributed by atoms with van der Waals surface area (Å²) in [4.78, 5) is 6.75. The van der Waals surface area contributed by atoms with Crippen molar-refractivity contribution >= 4 is 32.3 Å². The molecule has 0 aliphatic carbocycles. The summed E-state index contributed by atoms with van der Waals surface area (Å²) >= 11 is 1.79. The zero-order chi connectivity index (χ0) is 18.6. The Kier molecular flexibility index (Phi) is 6.42. The summed E-state index contributed by atoms with van der Waals surface area (Å²) < 4.78 is 25.3. The van der Waals surface area contributed by atoms with Crippen LogP contribution in [0, 0.1) is 0 Å². The smallest absolute Gasteiger partial charge is 0.211 e. The molecule has 2 aliphatic heterocycles. The number of guanidine groups is 1. The average Bonchev–Trinajstić information content (AvgIpc) is 3.30. The Bertz CT molecular complexity index is 697. The highest BCUT2D eigenvalue weighted by Gasteiger charge is 2.31. The number of anilines is 1. The van der Waals surface area contributed by atoms with Crippen LogP contribution in [0.15, 0.2) is 22.5 Å². The molecular weight excluding hydrogens is 370 g/mol. The third-order valence-corrected chi connectivity index (χ3v) is 7.39. The Labute approximate surface area is 160 Å². The predicted octanol–water partition coefficient (Wildman–Crippen LogP) is 1.31. The molecule has 2 N–H and O–H groups in total. The first-order valence-electron chi connectivity index (χ1n) is 9.20. The van der Waals surface area contributed by atoms with Crippen LogP contribution in [0.5, 0.6) is 0 Å². The van der Waals surface area contributed by atoms with Crippen molar-refractivity contribution in [1.29, 1.82) is 0 Å². The van der Waals surface area contributed by atoms with Gasteiger partial charge in [0.2, 0.25) is 10.0 Å². The third kappa shape index (κ3) is 4.89. The van der Waals surface area contributed by atoms with E-state index in [4.69, 9.17) is 0 Å². The maximum atomic E-state index is 11.9. The molecule has 146 valence electrons. The highest BCUT2D eigenvalue weighted by Crippen LogP contribution is 2.24. The van der Waals surface area contributed by atoms with Crippen molar-refractivity contribution in [3.63, 3.8) is 0 Å². The van der Waals surface area contributed by atoms with Crippen LogP contribution in [0.25, 0.3) is 0 Å². The molecule has 0 bridgehead atoms. The molecule has 1 atom stereocenters. The van der Waals surface area contributed by atoms with E-state index in [1.54, 1.807) is 22.7 Å². The molecule has 0 spiro atoms. The van der Waals surface area contributed by atoms with Gasteiger partial charge in [-0.05, 0) is 43.2 Å². The van der Waals surface area contributed by atoms with Crippen molar-refractivity contribution < 1.29 is 8.42 Å². The van der Waals surface area contributed by atoms with Crippen molar-refractivity contribution in [2.45, 2.75) is 37.8 Å². The number of thiophene rings is 1. The molecule has 0 saturated carbocycles. The summed E-state index contributed by atoms with van der Waals surface area (Å²) in [7, 11) is -1.37. The lowest BCUT2D eigenvalue weighted by atomic mass is 10.1. The molecule has 2 saturated heterocycles. The molecule has 1 aromatic heterocycles. The number of nitrogens with one attached hydrogen (secondary N) is 2. The molecule has 7 nitrogen and oxygen atoms in total. The summed E-state index contributed by atoms with van der Waals surface area (Å²) in [6.45, 7) is 3.30. The van der Waals surface area contributed by atoms with Crippen molar-refractivity contribution in [3.8, 4) is 0 Å². The Morgan fingerprint density at radius 1 is 1.31 bits per heavy atom. The van der Waals surface area contributed by atoms with Crippen LogP contribution in [0.2, 0.25) is 0 Å². The summed E-state index contributed by atoms with van der Waals surface area (Å²) in [6.07, 6.45) is 5.25. The van der Waals surface area contributed by atoms with Crippen LogP contribution in [-0.4, -0.2) is 70.2 Å². The van der Waals surface area contributed by atoms with Gasteiger partial charge in [0.25, 0.3) is 0 Å². The quantitative estimate of drug-likeness (QED) is 0.577. The predicted molar refractivity (Wildman–Crippen MR) is 109 cm³/mol. The van der Waals surface area contributed by atoms with Crippen molar-refractivity contribution in [2.75, 3.05) is 44.4 Å². The Morgan fingerprint density at radius 3 is 2.69 bits per heavy atom. The second-order valence-electron chi connectivity index (χ2n) is 6.98. The van der Waals surface area contributed by atoms with Gasteiger partial charge in [-0.2, -0.15) is 4.31 Å². The topological polar surface area (TPSA) is 77.0 Å². The highest BCUT2D eigenvalue weighted by atomic mass is 32.2. The van der Waals surface area contributed by atoms with Gasteiger partial charge in [-0.1, -0.05) is 0 Å². The summed E-state index contributed by atoms with van der Waals surface area (Å²) in [5.41, 5.74) is 0. The fraction of sp³-hybridized carbons (Fsp3) is 0.706. The van der Waals surface area contributed by atoms with E-state index in [1.165, 1.54) is 11.3 Å². The van der Waals surface area contributed by atoms with Gasteiger partial charge in [-0.15, -0.1) is 11.3 Å². The van der Waals surface area contributed by atoms with E-state index in [0.29, 0.717) is 19.1 Å². The minimum atomic E-state index is -3.13. The zero-order valence-electron chi connectivity index (χ0n) is 15.5. The van der Waals surface area contributed by atoms with E-state index in [-0.39, 0.29) is 6.04 Å². The van der Waals surface area contributed by atoms with Crippen LogP contribution in [-0.2, 0) is 10.0 Å². The number of hydrogen-bond acceptors (Lipinski definition) is 5. The first-order chi connectivity index (χ1) is 12.5. The van der Waals surface area contributed by atoms with E-state index < -0.39 is 10.0 Å². The number of aliphatic imine (C=N–C) groups is 1. The molecule has 2 aliphatic rings. The van der Waals surface area contributed by atoms with Gasteiger partial charge in [0.1, 0.15) is 0 Å². The Hall–Kier alpha value is -1.32. The number of piperidine rings is 1. The van der Waals surface area contributed by atoms with Gasteiger partial charge < -0.3 is 15.5 Å². The van der Waals surface area contributed by atoms with Gasteiger partial charge in [-0.25, -0.2) is 8.42 Å². The summed E-state index contributed by atoms with van der Waals surface area (Å²) in [6, 6.07) is 4.68. The lowest BCUT2D eigenvalue weighted by molar-refractivity contribution is 0.385. The lowest BCUT2D eigenvalue weighted by Crippen LogP contribution is -2.51. The molecule has 0 radical (unpaired) electrons.